The van der Waals surface area contributed by atoms with Crippen molar-refractivity contribution in [2.75, 3.05) is 25.1 Å². The molecular weight excluding hydrogens is 228 g/mol. The molecule has 0 aliphatic carbocycles. The van der Waals surface area contributed by atoms with Crippen LogP contribution >= 0.6 is 11.8 Å². The third-order valence-electron chi connectivity index (χ3n) is 3.42. The SMILES string of the molecule is CN(Cc1ccc(CCN)cc1)C1CCSC1. The first-order valence-electron chi connectivity index (χ1n) is 6.35. The second kappa shape index (κ2) is 6.43. The van der Waals surface area contributed by atoms with Gasteiger partial charge in [0.2, 0.25) is 0 Å². The van der Waals surface area contributed by atoms with Crippen LogP contribution in [0.3, 0.4) is 0 Å². The first-order valence-corrected chi connectivity index (χ1v) is 7.51. The Bertz CT molecular complexity index is 331. The zero-order chi connectivity index (χ0) is 12.1. The van der Waals surface area contributed by atoms with E-state index in [1.165, 1.54) is 29.1 Å². The molecule has 1 aromatic rings. The number of benzene rings is 1. The van der Waals surface area contributed by atoms with E-state index < -0.39 is 0 Å². The highest BCUT2D eigenvalue weighted by molar-refractivity contribution is 7.99. The molecule has 3 heteroatoms. The summed E-state index contributed by atoms with van der Waals surface area (Å²) < 4.78 is 0. The van der Waals surface area contributed by atoms with E-state index in [0.717, 1.165) is 25.6 Å². The molecule has 0 spiro atoms. The highest BCUT2D eigenvalue weighted by atomic mass is 32.2. The van der Waals surface area contributed by atoms with Crippen LogP contribution in [0, 0.1) is 0 Å². The maximum atomic E-state index is 5.55. The molecule has 1 unspecified atom stereocenters. The van der Waals surface area contributed by atoms with Gasteiger partial charge in [-0.1, -0.05) is 24.3 Å². The van der Waals surface area contributed by atoms with Crippen molar-refractivity contribution in [1.82, 2.24) is 4.90 Å². The van der Waals surface area contributed by atoms with E-state index in [4.69, 9.17) is 5.73 Å². The molecule has 1 heterocycles. The van der Waals surface area contributed by atoms with Crippen molar-refractivity contribution in [3.05, 3.63) is 35.4 Å². The Morgan fingerprint density at radius 3 is 2.59 bits per heavy atom. The van der Waals surface area contributed by atoms with E-state index in [1.807, 2.05) is 0 Å². The van der Waals surface area contributed by atoms with Gasteiger partial charge in [-0.25, -0.2) is 0 Å². The average Bonchev–Trinajstić information content (AvgIpc) is 2.86. The van der Waals surface area contributed by atoms with E-state index in [-0.39, 0.29) is 0 Å². The smallest absolute Gasteiger partial charge is 0.0233 e. The third-order valence-corrected chi connectivity index (χ3v) is 4.56. The molecule has 0 amide bonds. The van der Waals surface area contributed by atoms with Gasteiger partial charge in [-0.15, -0.1) is 0 Å². The second-order valence-corrected chi connectivity index (χ2v) is 5.94. The molecule has 1 aliphatic heterocycles. The normalized spacial score (nSPS) is 20.1. The van der Waals surface area contributed by atoms with Crippen molar-refractivity contribution < 1.29 is 0 Å². The largest absolute Gasteiger partial charge is 0.330 e. The maximum absolute atomic E-state index is 5.55. The highest BCUT2D eigenvalue weighted by Gasteiger charge is 2.19. The monoisotopic (exact) mass is 250 g/mol. The number of hydrogen-bond acceptors (Lipinski definition) is 3. The highest BCUT2D eigenvalue weighted by Crippen LogP contribution is 2.22. The lowest BCUT2D eigenvalue weighted by Gasteiger charge is -2.23. The molecule has 17 heavy (non-hydrogen) atoms. The van der Waals surface area contributed by atoms with E-state index in [1.54, 1.807) is 0 Å². The average molecular weight is 250 g/mol. The lowest BCUT2D eigenvalue weighted by Crippen LogP contribution is -2.30. The number of nitrogens with zero attached hydrogens (tertiary/aromatic N) is 1. The van der Waals surface area contributed by atoms with E-state index in [2.05, 4.69) is 48.0 Å². The molecule has 0 saturated carbocycles. The van der Waals surface area contributed by atoms with Crippen molar-refractivity contribution in [2.24, 2.45) is 5.73 Å². The van der Waals surface area contributed by atoms with Gasteiger partial charge in [-0.3, -0.25) is 4.90 Å². The summed E-state index contributed by atoms with van der Waals surface area (Å²) in [6.07, 6.45) is 2.32. The number of rotatable bonds is 5. The van der Waals surface area contributed by atoms with Crippen molar-refractivity contribution in [3.63, 3.8) is 0 Å². The summed E-state index contributed by atoms with van der Waals surface area (Å²) in [7, 11) is 2.24. The molecule has 2 N–H and O–H groups in total. The summed E-state index contributed by atoms with van der Waals surface area (Å²) in [6.45, 7) is 1.80. The number of nitrogens with two attached hydrogens (primary N) is 1. The standard InChI is InChI=1S/C14H22N2S/c1-16(14-7-9-17-11-14)10-13-4-2-12(3-5-13)6-8-15/h2-5,14H,6-11,15H2,1H3. The van der Waals surface area contributed by atoms with Crippen LogP contribution < -0.4 is 5.73 Å². The molecule has 0 bridgehead atoms. The Morgan fingerprint density at radius 1 is 1.29 bits per heavy atom. The Morgan fingerprint density at radius 2 is 2.00 bits per heavy atom. The van der Waals surface area contributed by atoms with Crippen molar-refractivity contribution in [2.45, 2.75) is 25.4 Å². The maximum Gasteiger partial charge on any atom is 0.0233 e. The summed E-state index contributed by atoms with van der Waals surface area (Å²) in [5.41, 5.74) is 8.30. The van der Waals surface area contributed by atoms with Gasteiger partial charge < -0.3 is 5.73 Å². The first-order chi connectivity index (χ1) is 8.29. The lowest BCUT2D eigenvalue weighted by molar-refractivity contribution is 0.254. The van der Waals surface area contributed by atoms with Gasteiger partial charge in [0.05, 0.1) is 0 Å². The van der Waals surface area contributed by atoms with E-state index in [9.17, 15) is 0 Å². The predicted octanol–water partition coefficient (Wildman–Crippen LogP) is 2.13. The summed E-state index contributed by atoms with van der Waals surface area (Å²) in [4.78, 5) is 2.48. The summed E-state index contributed by atoms with van der Waals surface area (Å²) in [5.74, 6) is 2.62. The van der Waals surface area contributed by atoms with Crippen LogP contribution in [0.25, 0.3) is 0 Å². The molecular formula is C14H22N2S. The molecule has 1 fully saturated rings. The molecule has 2 nitrogen and oxygen atoms in total. The molecule has 0 radical (unpaired) electrons. The quantitative estimate of drug-likeness (QED) is 0.868. The molecule has 0 aromatic heterocycles. The van der Waals surface area contributed by atoms with Crippen molar-refractivity contribution in [3.8, 4) is 0 Å². The molecule has 94 valence electrons. The van der Waals surface area contributed by atoms with Crippen LogP contribution in [0.4, 0.5) is 0 Å². The first kappa shape index (κ1) is 12.9. The summed E-state index contributed by atoms with van der Waals surface area (Å²) in [6, 6.07) is 9.66. The lowest BCUT2D eigenvalue weighted by atomic mass is 10.1. The minimum atomic E-state index is 0.735. The third kappa shape index (κ3) is 3.73. The second-order valence-electron chi connectivity index (χ2n) is 4.79. The van der Waals surface area contributed by atoms with Gasteiger partial charge in [-0.05, 0) is 43.3 Å². The van der Waals surface area contributed by atoms with Gasteiger partial charge in [0.15, 0.2) is 0 Å². The minimum Gasteiger partial charge on any atom is -0.330 e. The van der Waals surface area contributed by atoms with Crippen LogP contribution in [0.5, 0.6) is 0 Å². The Balaban J connectivity index is 1.89. The van der Waals surface area contributed by atoms with Crippen molar-refractivity contribution in [1.29, 1.82) is 0 Å². The van der Waals surface area contributed by atoms with Crippen LogP contribution in [-0.2, 0) is 13.0 Å². The predicted molar refractivity (Wildman–Crippen MR) is 76.4 cm³/mol. The Labute approximate surface area is 109 Å². The number of thioether (sulfide) groups is 1. The minimum absolute atomic E-state index is 0.735. The molecule has 1 aliphatic rings. The van der Waals surface area contributed by atoms with Crippen LogP contribution in [-0.4, -0.2) is 36.0 Å². The fourth-order valence-corrected chi connectivity index (χ4v) is 3.56. The topological polar surface area (TPSA) is 29.3 Å². The Kier molecular flexibility index (Phi) is 4.89. The van der Waals surface area contributed by atoms with Gasteiger partial charge >= 0.3 is 0 Å². The zero-order valence-electron chi connectivity index (χ0n) is 10.6. The van der Waals surface area contributed by atoms with E-state index in [0.29, 0.717) is 0 Å². The molecule has 2 rings (SSSR count). The molecule has 1 aromatic carbocycles. The van der Waals surface area contributed by atoms with Crippen LogP contribution in [0.1, 0.15) is 17.5 Å². The van der Waals surface area contributed by atoms with Gasteiger partial charge in [0.25, 0.3) is 0 Å². The van der Waals surface area contributed by atoms with E-state index >= 15 is 0 Å². The van der Waals surface area contributed by atoms with Gasteiger partial charge in [0, 0.05) is 18.3 Å². The van der Waals surface area contributed by atoms with Crippen LogP contribution in [0.2, 0.25) is 0 Å². The fourth-order valence-electron chi connectivity index (χ4n) is 2.26. The van der Waals surface area contributed by atoms with Crippen LogP contribution in [0.15, 0.2) is 24.3 Å². The molecule has 1 atom stereocenters. The molecule has 1 saturated heterocycles. The van der Waals surface area contributed by atoms with Crippen molar-refractivity contribution >= 4 is 11.8 Å². The summed E-state index contributed by atoms with van der Waals surface area (Å²) in [5, 5.41) is 0. The van der Waals surface area contributed by atoms with Gasteiger partial charge in [0.1, 0.15) is 0 Å². The fraction of sp³-hybridized carbons (Fsp3) is 0.571. The Hall–Kier alpha value is -0.510. The number of hydrogen-bond donors (Lipinski definition) is 1. The van der Waals surface area contributed by atoms with Gasteiger partial charge in [-0.2, -0.15) is 11.8 Å². The zero-order valence-corrected chi connectivity index (χ0v) is 11.4. The summed E-state index contributed by atoms with van der Waals surface area (Å²) >= 11 is 2.07.